The Morgan fingerprint density at radius 2 is 1.83 bits per heavy atom. The number of morpholine rings is 1. The number of ether oxygens (including phenoxy) is 1. The molecule has 186 valence electrons. The van der Waals surface area contributed by atoms with E-state index in [1.54, 1.807) is 5.38 Å². The van der Waals surface area contributed by atoms with E-state index in [2.05, 4.69) is 14.9 Å². The molecule has 35 heavy (non-hydrogen) atoms. The van der Waals surface area contributed by atoms with Crippen molar-refractivity contribution in [3.63, 3.8) is 0 Å². The first-order chi connectivity index (χ1) is 16.6. The summed E-state index contributed by atoms with van der Waals surface area (Å²) in [6, 6.07) is 6.55. The van der Waals surface area contributed by atoms with Gasteiger partial charge in [0, 0.05) is 24.5 Å². The van der Waals surface area contributed by atoms with Crippen molar-refractivity contribution in [1.29, 1.82) is 0 Å². The number of halogens is 2. The summed E-state index contributed by atoms with van der Waals surface area (Å²) in [5.74, 6) is -1.09. The molecule has 7 nitrogen and oxygen atoms in total. The molecule has 11 heteroatoms. The zero-order valence-corrected chi connectivity index (χ0v) is 21.8. The lowest BCUT2D eigenvalue weighted by atomic mass is 10.0. The van der Waals surface area contributed by atoms with Crippen LogP contribution >= 0.6 is 22.9 Å². The molecule has 0 unspecified atom stereocenters. The number of thiophene rings is 1. The maximum Gasteiger partial charge on any atom is 0.267 e. The molecule has 1 saturated heterocycles. The SMILES string of the molecule is Cc1cc(C)c(N2CCOCC2)c(C)c1NC(=O)c1sccc1NS(=O)(=O)c1ccc(F)cc1Cl. The number of hydrogen-bond acceptors (Lipinski definition) is 6. The van der Waals surface area contributed by atoms with Crippen LogP contribution in [0.4, 0.5) is 21.5 Å². The van der Waals surface area contributed by atoms with E-state index >= 15 is 0 Å². The number of aryl methyl sites for hydroxylation is 2. The van der Waals surface area contributed by atoms with Gasteiger partial charge in [0.15, 0.2) is 0 Å². The van der Waals surface area contributed by atoms with Gasteiger partial charge in [-0.3, -0.25) is 9.52 Å². The van der Waals surface area contributed by atoms with E-state index in [-0.39, 0.29) is 20.5 Å². The molecule has 1 aliphatic rings. The van der Waals surface area contributed by atoms with E-state index in [1.807, 2.05) is 26.8 Å². The van der Waals surface area contributed by atoms with Crippen molar-refractivity contribution in [3.05, 3.63) is 68.1 Å². The van der Waals surface area contributed by atoms with E-state index in [9.17, 15) is 17.6 Å². The Morgan fingerprint density at radius 3 is 2.51 bits per heavy atom. The number of benzene rings is 2. The largest absolute Gasteiger partial charge is 0.378 e. The molecule has 1 aliphatic heterocycles. The first-order valence-electron chi connectivity index (χ1n) is 10.9. The van der Waals surface area contributed by atoms with Gasteiger partial charge in [-0.2, -0.15) is 0 Å². The van der Waals surface area contributed by atoms with Crippen LogP contribution in [0.15, 0.2) is 40.6 Å². The second-order valence-electron chi connectivity index (χ2n) is 8.26. The van der Waals surface area contributed by atoms with Gasteiger partial charge in [0.25, 0.3) is 15.9 Å². The molecule has 0 saturated carbocycles. The monoisotopic (exact) mass is 537 g/mol. The molecular weight excluding hydrogens is 513 g/mol. The third-order valence-electron chi connectivity index (χ3n) is 5.80. The number of carbonyl (C=O) groups is 1. The number of carbonyl (C=O) groups excluding carboxylic acids is 1. The Bertz CT molecular complexity index is 1390. The van der Waals surface area contributed by atoms with Gasteiger partial charge < -0.3 is 15.0 Å². The summed E-state index contributed by atoms with van der Waals surface area (Å²) in [4.78, 5) is 15.4. The summed E-state index contributed by atoms with van der Waals surface area (Å²) in [5.41, 5.74) is 4.82. The van der Waals surface area contributed by atoms with Crippen molar-refractivity contribution in [2.75, 3.05) is 41.2 Å². The number of amides is 1. The Hall–Kier alpha value is -2.66. The standard InChI is InChI=1S/C24H25ClFN3O4S2/c1-14-12-15(2)22(29-7-9-33-10-8-29)16(3)21(14)27-24(30)23-19(6-11-34-23)28-35(31,32)20-5-4-17(26)13-18(20)25/h4-6,11-13,28H,7-10H2,1-3H3,(H,27,30). The number of sulfonamides is 1. The van der Waals surface area contributed by atoms with E-state index in [0.717, 1.165) is 65.0 Å². The minimum Gasteiger partial charge on any atom is -0.378 e. The summed E-state index contributed by atoms with van der Waals surface area (Å²) >= 11 is 7.05. The van der Waals surface area contributed by atoms with Gasteiger partial charge in [-0.1, -0.05) is 17.7 Å². The Kier molecular flexibility index (Phi) is 7.37. The lowest BCUT2D eigenvalue weighted by Gasteiger charge is -2.32. The summed E-state index contributed by atoms with van der Waals surface area (Å²) in [7, 11) is -4.14. The van der Waals surface area contributed by atoms with Gasteiger partial charge in [-0.25, -0.2) is 12.8 Å². The van der Waals surface area contributed by atoms with Crippen molar-refractivity contribution in [1.82, 2.24) is 0 Å². The summed E-state index contributed by atoms with van der Waals surface area (Å²) in [6.07, 6.45) is 0. The molecule has 0 spiro atoms. The van der Waals surface area contributed by atoms with Crippen molar-refractivity contribution >= 4 is 55.9 Å². The van der Waals surface area contributed by atoms with Gasteiger partial charge in [-0.15, -0.1) is 11.3 Å². The number of nitrogens with one attached hydrogen (secondary N) is 2. The second-order valence-corrected chi connectivity index (χ2v) is 11.2. The molecule has 1 amide bonds. The normalized spacial score (nSPS) is 14.1. The molecule has 2 heterocycles. The van der Waals surface area contributed by atoms with Gasteiger partial charge in [-0.05, 0) is 67.1 Å². The molecule has 4 rings (SSSR count). The maximum absolute atomic E-state index is 13.4. The smallest absolute Gasteiger partial charge is 0.267 e. The van der Waals surface area contributed by atoms with Crippen molar-refractivity contribution < 1.29 is 22.3 Å². The van der Waals surface area contributed by atoms with Crippen LogP contribution in [0, 0.1) is 26.6 Å². The highest BCUT2D eigenvalue weighted by Gasteiger charge is 2.24. The fourth-order valence-corrected chi connectivity index (χ4v) is 6.68. The highest BCUT2D eigenvalue weighted by atomic mass is 35.5. The first kappa shape index (κ1) is 25.4. The Balaban J connectivity index is 1.61. The highest BCUT2D eigenvalue weighted by Crippen LogP contribution is 2.35. The van der Waals surface area contributed by atoms with Crippen LogP contribution in [-0.2, 0) is 14.8 Å². The molecule has 2 N–H and O–H groups in total. The fourth-order valence-electron chi connectivity index (χ4n) is 4.27. The zero-order chi connectivity index (χ0) is 25.3. The minimum atomic E-state index is -4.14. The number of hydrogen-bond donors (Lipinski definition) is 2. The summed E-state index contributed by atoms with van der Waals surface area (Å²) in [5, 5.41) is 4.34. The van der Waals surface area contributed by atoms with Gasteiger partial charge in [0.2, 0.25) is 0 Å². The molecule has 0 atom stereocenters. The molecule has 1 aromatic heterocycles. The van der Waals surface area contributed by atoms with Crippen LogP contribution in [0.1, 0.15) is 26.4 Å². The molecular formula is C24H25ClFN3O4S2. The second kappa shape index (κ2) is 10.1. The lowest BCUT2D eigenvalue weighted by molar-refractivity contribution is 0.103. The molecule has 1 fully saturated rings. The van der Waals surface area contributed by atoms with Crippen LogP contribution in [0.5, 0.6) is 0 Å². The summed E-state index contributed by atoms with van der Waals surface area (Å²) < 4.78 is 47.0. The Labute approximate surface area is 212 Å². The third kappa shape index (κ3) is 5.30. The van der Waals surface area contributed by atoms with Crippen molar-refractivity contribution in [2.45, 2.75) is 25.7 Å². The first-order valence-corrected chi connectivity index (χ1v) is 13.6. The predicted octanol–water partition coefficient (Wildman–Crippen LogP) is 5.36. The fraction of sp³-hybridized carbons (Fsp3) is 0.292. The van der Waals surface area contributed by atoms with Crippen LogP contribution in [0.25, 0.3) is 0 Å². The van der Waals surface area contributed by atoms with E-state index in [1.165, 1.54) is 6.07 Å². The van der Waals surface area contributed by atoms with Crippen LogP contribution in [0.2, 0.25) is 5.02 Å². The summed E-state index contributed by atoms with van der Waals surface area (Å²) in [6.45, 7) is 8.75. The van der Waals surface area contributed by atoms with Gasteiger partial charge in [0.1, 0.15) is 15.6 Å². The third-order valence-corrected chi connectivity index (χ3v) is 8.56. The molecule has 0 bridgehead atoms. The van der Waals surface area contributed by atoms with Gasteiger partial charge in [0.05, 0.1) is 23.9 Å². The molecule has 0 radical (unpaired) electrons. The topological polar surface area (TPSA) is 87.7 Å². The predicted molar refractivity (Wildman–Crippen MR) is 138 cm³/mol. The van der Waals surface area contributed by atoms with E-state index < -0.39 is 21.7 Å². The van der Waals surface area contributed by atoms with Crippen LogP contribution < -0.4 is 14.9 Å². The van der Waals surface area contributed by atoms with E-state index in [4.69, 9.17) is 16.3 Å². The highest BCUT2D eigenvalue weighted by molar-refractivity contribution is 7.92. The number of anilines is 3. The quantitative estimate of drug-likeness (QED) is 0.442. The number of nitrogens with zero attached hydrogens (tertiary/aromatic N) is 1. The minimum absolute atomic E-state index is 0.115. The average Bonchev–Trinajstić information content (AvgIpc) is 3.24. The average molecular weight is 538 g/mol. The number of rotatable bonds is 6. The van der Waals surface area contributed by atoms with Crippen LogP contribution in [0.3, 0.4) is 0 Å². The van der Waals surface area contributed by atoms with Gasteiger partial charge >= 0.3 is 0 Å². The Morgan fingerprint density at radius 1 is 1.11 bits per heavy atom. The lowest BCUT2D eigenvalue weighted by Crippen LogP contribution is -2.37. The van der Waals surface area contributed by atoms with E-state index in [0.29, 0.717) is 18.9 Å². The zero-order valence-electron chi connectivity index (χ0n) is 19.4. The molecule has 0 aliphatic carbocycles. The van der Waals surface area contributed by atoms with Crippen LogP contribution in [-0.4, -0.2) is 40.6 Å². The molecule has 2 aromatic carbocycles. The molecule has 3 aromatic rings. The van der Waals surface area contributed by atoms with Crippen molar-refractivity contribution in [2.24, 2.45) is 0 Å². The maximum atomic E-state index is 13.4. The van der Waals surface area contributed by atoms with Crippen molar-refractivity contribution in [3.8, 4) is 0 Å².